The quantitative estimate of drug-likeness (QED) is 0.833. The van der Waals surface area contributed by atoms with E-state index in [0.29, 0.717) is 29.2 Å². The van der Waals surface area contributed by atoms with E-state index in [1.807, 2.05) is 24.3 Å². The molecular formula is C19H26N4O. The Labute approximate surface area is 143 Å². The summed E-state index contributed by atoms with van der Waals surface area (Å²) in [7, 11) is 0. The number of para-hydroxylation sites is 1. The number of carbonyl (C=O) groups excluding carboxylic acids is 1. The number of amides is 1. The summed E-state index contributed by atoms with van der Waals surface area (Å²) in [6.45, 7) is 11.0. The van der Waals surface area contributed by atoms with Crippen molar-refractivity contribution in [2.24, 2.45) is 5.92 Å². The third kappa shape index (κ3) is 4.78. The predicted molar refractivity (Wildman–Crippen MR) is 98.6 cm³/mol. The second-order valence-corrected chi connectivity index (χ2v) is 6.66. The zero-order valence-electron chi connectivity index (χ0n) is 15.1. The van der Waals surface area contributed by atoms with Crippen molar-refractivity contribution in [2.45, 2.75) is 40.5 Å². The summed E-state index contributed by atoms with van der Waals surface area (Å²) in [4.78, 5) is 21.2. The van der Waals surface area contributed by atoms with Gasteiger partial charge in [0, 0.05) is 18.3 Å². The third-order valence-corrected chi connectivity index (χ3v) is 3.59. The monoisotopic (exact) mass is 326 g/mol. The number of nitrogens with zero attached hydrogens (tertiary/aromatic N) is 2. The number of aryl methyl sites for hydroxylation is 1. The first-order valence-electron chi connectivity index (χ1n) is 8.36. The van der Waals surface area contributed by atoms with Gasteiger partial charge in [-0.2, -0.15) is 0 Å². The zero-order valence-corrected chi connectivity index (χ0v) is 15.1. The topological polar surface area (TPSA) is 66.9 Å². The van der Waals surface area contributed by atoms with E-state index >= 15 is 0 Å². The summed E-state index contributed by atoms with van der Waals surface area (Å²) in [5, 5.41) is 6.21. The lowest BCUT2D eigenvalue weighted by Gasteiger charge is -2.14. The molecule has 5 nitrogen and oxygen atoms in total. The molecule has 0 aliphatic rings. The normalized spacial score (nSPS) is 11.0. The Kier molecular flexibility index (Phi) is 5.90. The molecule has 0 aliphatic carbocycles. The Morgan fingerprint density at radius 2 is 1.83 bits per heavy atom. The van der Waals surface area contributed by atoms with E-state index in [9.17, 15) is 4.79 Å². The number of hydrogen-bond acceptors (Lipinski definition) is 4. The lowest BCUT2D eigenvalue weighted by atomic mass is 10.0. The Hall–Kier alpha value is -2.43. The van der Waals surface area contributed by atoms with Gasteiger partial charge in [0.1, 0.15) is 17.3 Å². The lowest BCUT2D eigenvalue weighted by molar-refractivity contribution is 0.102. The number of aromatic nitrogens is 2. The van der Waals surface area contributed by atoms with Gasteiger partial charge in [-0.3, -0.25) is 4.79 Å². The number of hydrogen-bond donors (Lipinski definition) is 2. The molecule has 2 N–H and O–H groups in total. The molecule has 0 saturated heterocycles. The highest BCUT2D eigenvalue weighted by Gasteiger charge is 2.14. The highest BCUT2D eigenvalue weighted by molar-refractivity contribution is 6.03. The average molecular weight is 326 g/mol. The van der Waals surface area contributed by atoms with Crippen LogP contribution in [-0.4, -0.2) is 22.4 Å². The molecule has 0 radical (unpaired) electrons. The molecule has 1 heterocycles. The summed E-state index contributed by atoms with van der Waals surface area (Å²) < 4.78 is 0. The first-order chi connectivity index (χ1) is 11.4. The van der Waals surface area contributed by atoms with E-state index in [4.69, 9.17) is 0 Å². The van der Waals surface area contributed by atoms with E-state index < -0.39 is 0 Å². The van der Waals surface area contributed by atoms with E-state index in [2.05, 4.69) is 48.3 Å². The van der Waals surface area contributed by atoms with Crippen LogP contribution in [0.2, 0.25) is 0 Å². The van der Waals surface area contributed by atoms with Gasteiger partial charge in [-0.05, 0) is 30.4 Å². The molecule has 0 spiro atoms. The smallest absolute Gasteiger partial charge is 0.274 e. The Morgan fingerprint density at radius 1 is 1.12 bits per heavy atom. The van der Waals surface area contributed by atoms with Crippen molar-refractivity contribution in [3.63, 3.8) is 0 Å². The van der Waals surface area contributed by atoms with Crippen LogP contribution >= 0.6 is 0 Å². The molecule has 1 aromatic heterocycles. The van der Waals surface area contributed by atoms with Gasteiger partial charge in [-0.1, -0.05) is 45.9 Å². The molecule has 0 aliphatic heterocycles. The Bertz CT molecular complexity index is 710. The minimum Gasteiger partial charge on any atom is -0.370 e. The van der Waals surface area contributed by atoms with E-state index in [0.717, 1.165) is 17.8 Å². The standard InChI is InChI=1S/C19H26N4O/c1-12(2)11-20-18-10-17(21-14(5)22-18)19(24)23-16-9-7-6-8-15(16)13(3)4/h6-10,12-13H,11H2,1-5H3,(H,23,24)(H,20,21,22). The number of anilines is 2. The highest BCUT2D eigenvalue weighted by Crippen LogP contribution is 2.24. The first-order valence-corrected chi connectivity index (χ1v) is 8.36. The zero-order chi connectivity index (χ0) is 17.7. The minimum atomic E-state index is -0.221. The van der Waals surface area contributed by atoms with Crippen LogP contribution < -0.4 is 10.6 Å². The van der Waals surface area contributed by atoms with Crippen molar-refractivity contribution in [1.82, 2.24) is 9.97 Å². The summed E-state index contributed by atoms with van der Waals surface area (Å²) in [6.07, 6.45) is 0. The fraction of sp³-hybridized carbons (Fsp3) is 0.421. The van der Waals surface area contributed by atoms with E-state index in [1.165, 1.54) is 0 Å². The van der Waals surface area contributed by atoms with Gasteiger partial charge in [0.15, 0.2) is 0 Å². The van der Waals surface area contributed by atoms with Crippen LogP contribution in [0.25, 0.3) is 0 Å². The molecule has 24 heavy (non-hydrogen) atoms. The molecule has 0 atom stereocenters. The summed E-state index contributed by atoms with van der Waals surface area (Å²) in [6, 6.07) is 9.54. The molecule has 0 bridgehead atoms. The largest absolute Gasteiger partial charge is 0.370 e. The maximum Gasteiger partial charge on any atom is 0.274 e. The Balaban J connectivity index is 2.21. The fourth-order valence-electron chi connectivity index (χ4n) is 2.38. The van der Waals surface area contributed by atoms with Gasteiger partial charge < -0.3 is 10.6 Å². The van der Waals surface area contributed by atoms with Crippen molar-refractivity contribution in [2.75, 3.05) is 17.2 Å². The molecule has 0 fully saturated rings. The number of carbonyl (C=O) groups is 1. The SMILES string of the molecule is Cc1nc(NCC(C)C)cc(C(=O)Nc2ccccc2C(C)C)n1. The summed E-state index contributed by atoms with van der Waals surface area (Å²) in [5.41, 5.74) is 2.30. The molecule has 0 saturated carbocycles. The van der Waals surface area contributed by atoms with Gasteiger partial charge >= 0.3 is 0 Å². The molecule has 0 unspecified atom stereocenters. The number of rotatable bonds is 6. The van der Waals surface area contributed by atoms with Crippen LogP contribution in [0, 0.1) is 12.8 Å². The van der Waals surface area contributed by atoms with Gasteiger partial charge in [-0.15, -0.1) is 0 Å². The first kappa shape index (κ1) is 17.9. The second-order valence-electron chi connectivity index (χ2n) is 6.66. The Morgan fingerprint density at radius 3 is 2.50 bits per heavy atom. The predicted octanol–water partition coefficient (Wildman–Crippen LogP) is 4.23. The molecule has 5 heteroatoms. The lowest BCUT2D eigenvalue weighted by Crippen LogP contribution is -2.17. The van der Waals surface area contributed by atoms with E-state index in [1.54, 1.807) is 13.0 Å². The van der Waals surface area contributed by atoms with Crippen LogP contribution in [0.15, 0.2) is 30.3 Å². The van der Waals surface area contributed by atoms with Crippen molar-refractivity contribution in [3.05, 3.63) is 47.4 Å². The van der Waals surface area contributed by atoms with Crippen LogP contribution in [-0.2, 0) is 0 Å². The molecule has 128 valence electrons. The summed E-state index contributed by atoms with van der Waals surface area (Å²) in [5.74, 6) is 1.86. The maximum atomic E-state index is 12.6. The van der Waals surface area contributed by atoms with Crippen molar-refractivity contribution < 1.29 is 4.79 Å². The molecule has 2 aromatic rings. The van der Waals surface area contributed by atoms with Crippen molar-refractivity contribution in [1.29, 1.82) is 0 Å². The highest BCUT2D eigenvalue weighted by atomic mass is 16.1. The number of benzene rings is 1. The second kappa shape index (κ2) is 7.90. The van der Waals surface area contributed by atoms with Crippen molar-refractivity contribution >= 4 is 17.4 Å². The number of nitrogens with one attached hydrogen (secondary N) is 2. The summed E-state index contributed by atoms with van der Waals surface area (Å²) >= 11 is 0. The molecule has 2 rings (SSSR count). The average Bonchev–Trinajstić information content (AvgIpc) is 2.52. The van der Waals surface area contributed by atoms with E-state index in [-0.39, 0.29) is 5.91 Å². The minimum absolute atomic E-state index is 0.221. The van der Waals surface area contributed by atoms with Crippen LogP contribution in [0.4, 0.5) is 11.5 Å². The van der Waals surface area contributed by atoms with Crippen LogP contribution in [0.5, 0.6) is 0 Å². The molecule has 1 aromatic carbocycles. The van der Waals surface area contributed by atoms with Gasteiger partial charge in [-0.25, -0.2) is 9.97 Å². The maximum absolute atomic E-state index is 12.6. The van der Waals surface area contributed by atoms with Crippen molar-refractivity contribution in [3.8, 4) is 0 Å². The van der Waals surface area contributed by atoms with Crippen LogP contribution in [0.1, 0.15) is 55.5 Å². The van der Waals surface area contributed by atoms with Gasteiger partial charge in [0.05, 0.1) is 0 Å². The fourth-order valence-corrected chi connectivity index (χ4v) is 2.38. The van der Waals surface area contributed by atoms with Gasteiger partial charge in [0.2, 0.25) is 0 Å². The molecule has 1 amide bonds. The molecular weight excluding hydrogens is 300 g/mol. The third-order valence-electron chi connectivity index (χ3n) is 3.59. The van der Waals surface area contributed by atoms with Gasteiger partial charge in [0.25, 0.3) is 5.91 Å². The van der Waals surface area contributed by atoms with Crippen LogP contribution in [0.3, 0.4) is 0 Å².